The molecule has 0 atom stereocenters. The Morgan fingerprint density at radius 1 is 1.31 bits per heavy atom. The van der Waals surface area contributed by atoms with Crippen molar-refractivity contribution in [2.24, 2.45) is 5.73 Å². The normalized spacial score (nSPS) is 36.2. The van der Waals surface area contributed by atoms with E-state index in [2.05, 4.69) is 0 Å². The minimum Gasteiger partial charge on any atom is -0.454 e. The van der Waals surface area contributed by atoms with E-state index in [4.69, 9.17) is 24.8 Å². The van der Waals surface area contributed by atoms with Crippen LogP contribution in [0.2, 0.25) is 0 Å². The van der Waals surface area contributed by atoms with Gasteiger partial charge in [0.05, 0.1) is 2.74 Å². The van der Waals surface area contributed by atoms with E-state index in [1.807, 2.05) is 0 Å². The number of fused-ring (bicyclic) bond motifs is 2. The fraction of sp³-hybridized carbons (Fsp3) is 0.400. The fourth-order valence-electron chi connectivity index (χ4n) is 1.32. The van der Waals surface area contributed by atoms with Crippen molar-refractivity contribution in [3.05, 3.63) is 23.2 Å². The van der Waals surface area contributed by atoms with Crippen LogP contribution in [-0.2, 0) is 12.7 Å². The van der Waals surface area contributed by atoms with Crippen LogP contribution in [0.1, 0.15) is 20.7 Å². The first kappa shape index (κ1) is 3.17. The van der Waals surface area contributed by atoms with Crippen molar-refractivity contribution in [3.8, 4) is 11.5 Å². The number of rotatable bonds is 0. The van der Waals surface area contributed by atoms with E-state index in [0.29, 0.717) is 0 Å². The Kier molecular flexibility index (Phi) is 0.582. The predicted molar refractivity (Wildman–Crippen MR) is 47.9 cm³/mol. The van der Waals surface area contributed by atoms with E-state index in [-0.39, 0.29) is 22.6 Å². The molecule has 0 bridgehead atoms. The molecule has 1 heterocycles. The number of ether oxygens (including phenoxy) is 2. The topological polar surface area (TPSA) is 44.5 Å². The molecule has 1 aromatic rings. The van der Waals surface area contributed by atoms with Gasteiger partial charge in [-0.15, -0.1) is 0 Å². The maximum absolute atomic E-state index is 7.98. The monoisotopic (exact) mass is 184 g/mol. The molecular weight excluding hydrogens is 166 g/mol. The lowest BCUT2D eigenvalue weighted by Crippen LogP contribution is -2.19. The Hall–Kier alpha value is -1.22. The molecule has 1 aliphatic carbocycles. The van der Waals surface area contributed by atoms with E-state index < -0.39 is 37.6 Å². The van der Waals surface area contributed by atoms with Gasteiger partial charge in [0.2, 0.25) is 6.77 Å². The number of benzene rings is 1. The number of hydrogen-bond acceptors (Lipinski definition) is 3. The van der Waals surface area contributed by atoms with Gasteiger partial charge < -0.3 is 15.2 Å². The SMILES string of the molecule is [2H]c1c2c(c([2H])c3c1C([2H])([2H])C(N)C3([2H])[2H])OC([2H])O2. The quantitative estimate of drug-likeness (QED) is 0.650. The van der Waals surface area contributed by atoms with Gasteiger partial charge in [0.1, 0.15) is 1.37 Å². The summed E-state index contributed by atoms with van der Waals surface area (Å²) in [6, 6.07) is -2.36. The van der Waals surface area contributed by atoms with Gasteiger partial charge in [-0.25, -0.2) is 0 Å². The highest BCUT2D eigenvalue weighted by molar-refractivity contribution is 5.50. The highest BCUT2D eigenvalue weighted by atomic mass is 16.7. The van der Waals surface area contributed by atoms with Crippen LogP contribution >= 0.6 is 0 Å². The first-order chi connectivity index (χ1) is 9.10. The summed E-state index contributed by atoms with van der Waals surface area (Å²) in [5.74, 6) is -0.412. The summed E-state index contributed by atoms with van der Waals surface area (Å²) >= 11 is 0. The summed E-state index contributed by atoms with van der Waals surface area (Å²) in [5, 5.41) is 0. The van der Waals surface area contributed by atoms with E-state index in [1.54, 1.807) is 0 Å². The van der Waals surface area contributed by atoms with Crippen molar-refractivity contribution in [1.29, 1.82) is 0 Å². The largest absolute Gasteiger partial charge is 0.454 e. The van der Waals surface area contributed by atoms with Crippen molar-refractivity contribution in [1.82, 2.24) is 0 Å². The Labute approximate surface area is 86.3 Å². The first-order valence-electron chi connectivity index (χ1n) is 7.37. The Morgan fingerprint density at radius 2 is 1.85 bits per heavy atom. The zero-order valence-electron chi connectivity index (χ0n) is 13.5. The van der Waals surface area contributed by atoms with Crippen LogP contribution in [0, 0.1) is 0 Å². The van der Waals surface area contributed by atoms with Gasteiger partial charge in [-0.1, -0.05) is 0 Å². The molecule has 3 heteroatoms. The Morgan fingerprint density at radius 3 is 2.38 bits per heavy atom. The number of nitrogens with two attached hydrogens (primary N) is 1. The predicted octanol–water partition coefficient (Wildman–Crippen LogP) is 0.841. The van der Waals surface area contributed by atoms with Crippen LogP contribution in [0.3, 0.4) is 0 Å². The zero-order valence-corrected chi connectivity index (χ0v) is 6.55. The third kappa shape index (κ3) is 1.00. The zero-order chi connectivity index (χ0) is 15.0. The summed E-state index contributed by atoms with van der Waals surface area (Å²) < 4.78 is 64.9. The number of hydrogen-bond donors (Lipinski definition) is 1. The maximum Gasteiger partial charge on any atom is 0.231 e. The summed E-state index contributed by atoms with van der Waals surface area (Å²) in [6.45, 7) is -1.44. The van der Waals surface area contributed by atoms with Crippen molar-refractivity contribution in [2.45, 2.75) is 18.8 Å². The average molecular weight is 184 g/mol. The molecule has 0 saturated carbocycles. The van der Waals surface area contributed by atoms with Crippen molar-refractivity contribution >= 4 is 0 Å². The molecule has 13 heavy (non-hydrogen) atoms. The molecule has 0 spiro atoms. The van der Waals surface area contributed by atoms with Crippen LogP contribution in [-0.4, -0.2) is 12.8 Å². The van der Waals surface area contributed by atoms with Crippen LogP contribution in [0.15, 0.2) is 12.1 Å². The second-order valence-electron chi connectivity index (χ2n) is 2.76. The second-order valence-corrected chi connectivity index (χ2v) is 2.76. The van der Waals surface area contributed by atoms with E-state index in [9.17, 15) is 0 Å². The van der Waals surface area contributed by atoms with E-state index in [0.717, 1.165) is 0 Å². The van der Waals surface area contributed by atoms with Crippen LogP contribution in [0.5, 0.6) is 11.5 Å². The van der Waals surface area contributed by atoms with Crippen molar-refractivity contribution in [3.63, 3.8) is 0 Å². The molecule has 2 aliphatic rings. The molecular formula is C10H11NO2. The van der Waals surface area contributed by atoms with Crippen molar-refractivity contribution < 1.29 is 19.1 Å². The van der Waals surface area contributed by atoms with Gasteiger partial charge in [0.15, 0.2) is 11.5 Å². The van der Waals surface area contributed by atoms with Gasteiger partial charge >= 0.3 is 0 Å². The van der Waals surface area contributed by atoms with Crippen LogP contribution < -0.4 is 15.2 Å². The minimum atomic E-state index is -2.30. The lowest BCUT2D eigenvalue weighted by molar-refractivity contribution is 0.174. The summed E-state index contributed by atoms with van der Waals surface area (Å²) in [4.78, 5) is 0. The lowest BCUT2D eigenvalue weighted by Gasteiger charge is -2.00. The maximum atomic E-state index is 7.98. The molecule has 68 valence electrons. The molecule has 2 N–H and O–H groups in total. The molecule has 0 radical (unpaired) electrons. The Bertz CT molecular complexity index is 567. The van der Waals surface area contributed by atoms with Gasteiger partial charge in [-0.05, 0) is 36.0 Å². The van der Waals surface area contributed by atoms with Gasteiger partial charge in [-0.3, -0.25) is 0 Å². The smallest absolute Gasteiger partial charge is 0.231 e. The molecule has 3 rings (SSSR count). The second kappa shape index (κ2) is 2.39. The molecule has 1 aromatic carbocycles. The highest BCUT2D eigenvalue weighted by Crippen LogP contribution is 2.37. The molecule has 0 amide bonds. The average Bonchev–Trinajstić information content (AvgIpc) is 2.79. The summed E-state index contributed by atoms with van der Waals surface area (Å²) in [7, 11) is 0. The fourth-order valence-corrected chi connectivity index (χ4v) is 1.32. The van der Waals surface area contributed by atoms with E-state index >= 15 is 0 Å². The standard InChI is InChI=1S/C10H11NO2/c11-8-1-6-3-9-10(13-5-12-9)4-7(6)2-8/h3-4,8H,1-2,5,11H2/i1D2,2D2,3D,4D,5D. The van der Waals surface area contributed by atoms with E-state index in [1.165, 1.54) is 0 Å². The first-order valence-corrected chi connectivity index (χ1v) is 3.79. The van der Waals surface area contributed by atoms with Gasteiger partial charge in [0, 0.05) is 11.5 Å². The molecule has 0 aromatic heterocycles. The molecule has 3 nitrogen and oxygen atoms in total. The summed E-state index contributed by atoms with van der Waals surface area (Å²) in [5.41, 5.74) is 5.04. The summed E-state index contributed by atoms with van der Waals surface area (Å²) in [6.07, 6.45) is -4.60. The third-order valence-corrected chi connectivity index (χ3v) is 1.86. The van der Waals surface area contributed by atoms with Crippen molar-refractivity contribution in [2.75, 3.05) is 6.77 Å². The molecule has 1 aliphatic heterocycles. The molecule has 0 fully saturated rings. The van der Waals surface area contributed by atoms with Crippen LogP contribution in [0.4, 0.5) is 0 Å². The third-order valence-electron chi connectivity index (χ3n) is 1.86. The molecule has 0 saturated heterocycles. The minimum absolute atomic E-state index is 0.206. The van der Waals surface area contributed by atoms with Gasteiger partial charge in [-0.2, -0.15) is 0 Å². The highest BCUT2D eigenvalue weighted by Gasteiger charge is 2.23. The van der Waals surface area contributed by atoms with Gasteiger partial charge in [0.25, 0.3) is 0 Å². The molecule has 0 unspecified atom stereocenters. The van der Waals surface area contributed by atoms with Crippen LogP contribution in [0.25, 0.3) is 0 Å². The lowest BCUT2D eigenvalue weighted by atomic mass is 10.1. The Balaban J connectivity index is 2.39.